The number of rotatable bonds is 33. The highest BCUT2D eigenvalue weighted by atomic mass is 16.7. The number of amides is 2. The van der Waals surface area contributed by atoms with Gasteiger partial charge in [0.1, 0.15) is 60.9 Å². The number of aliphatic hydroxyl groups excluding tert-OH is 4. The molecule has 19 nitrogen and oxygen atoms in total. The topological polar surface area (TPSA) is 268 Å². The molecule has 0 saturated carbocycles. The van der Waals surface area contributed by atoms with E-state index in [0.29, 0.717) is 19.4 Å². The van der Waals surface area contributed by atoms with E-state index >= 15 is 0 Å². The first kappa shape index (κ1) is 58.3. The van der Waals surface area contributed by atoms with Crippen LogP contribution in [0.4, 0.5) is 0 Å². The molecule has 4 rings (SSSR count). The molecule has 0 aromatic carbocycles. The van der Waals surface area contributed by atoms with Gasteiger partial charge in [-0.05, 0) is 19.9 Å². The number of aliphatic hydroxyl groups is 4. The second kappa shape index (κ2) is 31.2. The normalized spacial score (nSPS) is 28.0. The minimum absolute atomic E-state index is 0.116. The number of nitrogens with two attached hydrogens (primary N) is 1. The first-order chi connectivity index (χ1) is 33.2. The maximum atomic E-state index is 15.0. The molecule has 3 aliphatic rings. The van der Waals surface area contributed by atoms with Gasteiger partial charge in [-0.25, -0.2) is 4.79 Å². The van der Waals surface area contributed by atoms with Crippen LogP contribution in [0.1, 0.15) is 174 Å². The quantitative estimate of drug-likeness (QED) is 0.0393. The summed E-state index contributed by atoms with van der Waals surface area (Å²) in [5.41, 5.74) is 4.14. The molecule has 0 aliphatic carbocycles. The number of H-pyrrole nitrogens is 1. The Morgan fingerprint density at radius 1 is 0.754 bits per heavy atom. The molecule has 4 heterocycles. The number of hydrogen-bond acceptors (Lipinski definition) is 15. The van der Waals surface area contributed by atoms with Crippen LogP contribution in [0.2, 0.25) is 0 Å². The lowest BCUT2D eigenvalue weighted by atomic mass is 9.97. The fraction of sp³-hybridized carbons (Fsp3) is 0.860. The maximum absolute atomic E-state index is 15.0. The summed E-state index contributed by atoms with van der Waals surface area (Å²) in [6, 6.07) is -1.74. The van der Waals surface area contributed by atoms with Gasteiger partial charge in [-0.1, -0.05) is 149 Å². The van der Waals surface area contributed by atoms with Crippen LogP contribution in [0.25, 0.3) is 0 Å². The fourth-order valence-corrected chi connectivity index (χ4v) is 9.88. The summed E-state index contributed by atoms with van der Waals surface area (Å²) in [6.07, 6.45) is 11.7. The SMILES string of the molecule is CCCCCCCCCCCCCCCC(=O)O[C@H]1CN(C)C([C@@H](OC2O[C@H](CN)[C@@H](O)[C@H]2O)C2OC(n3ccc(=O)[nH]c3=O)[C@H](O)[C@@H]2O)C(=O)N(C)C1C(=O)NCCCCCCCCCCCC. The number of esters is 1. The number of nitrogens with zero attached hydrogens (tertiary/aromatic N) is 3. The molecule has 69 heavy (non-hydrogen) atoms. The van der Waals surface area contributed by atoms with Gasteiger partial charge in [0.2, 0.25) is 11.8 Å². The highest BCUT2D eigenvalue weighted by Crippen LogP contribution is 2.36. The minimum Gasteiger partial charge on any atom is -0.458 e. The lowest BCUT2D eigenvalue weighted by Gasteiger charge is -2.38. The minimum atomic E-state index is -1.84. The van der Waals surface area contributed by atoms with E-state index in [1.165, 1.54) is 114 Å². The van der Waals surface area contributed by atoms with Crippen LogP contribution in [-0.2, 0) is 33.3 Å². The second-order valence-electron chi connectivity index (χ2n) is 19.6. The average molecular weight is 981 g/mol. The number of ether oxygens (including phenoxy) is 4. The molecule has 3 aliphatic heterocycles. The molecular formula is C50H88N6O13. The van der Waals surface area contributed by atoms with Crippen molar-refractivity contribution in [3.05, 3.63) is 33.1 Å². The number of carbonyl (C=O) groups is 3. The fourth-order valence-electron chi connectivity index (χ4n) is 9.88. The molecule has 1 aromatic rings. The van der Waals surface area contributed by atoms with E-state index in [0.717, 1.165) is 61.8 Å². The molecule has 2 amide bonds. The zero-order valence-electron chi connectivity index (χ0n) is 42.1. The summed E-state index contributed by atoms with van der Waals surface area (Å²) in [7, 11) is 2.94. The molecule has 8 N–H and O–H groups in total. The van der Waals surface area contributed by atoms with Crippen LogP contribution >= 0.6 is 0 Å². The molecular weight excluding hydrogens is 893 g/mol. The predicted molar refractivity (Wildman–Crippen MR) is 260 cm³/mol. The van der Waals surface area contributed by atoms with E-state index in [1.807, 2.05) is 0 Å². The Labute approximate surface area is 409 Å². The van der Waals surface area contributed by atoms with Crippen molar-refractivity contribution in [2.24, 2.45) is 5.73 Å². The zero-order chi connectivity index (χ0) is 50.3. The summed E-state index contributed by atoms with van der Waals surface area (Å²) >= 11 is 0. The van der Waals surface area contributed by atoms with E-state index in [9.17, 15) is 44.4 Å². The number of likely N-dealkylation sites (N-methyl/N-ethyl adjacent to an activating group) is 2. The van der Waals surface area contributed by atoms with Crippen molar-refractivity contribution >= 4 is 17.8 Å². The van der Waals surface area contributed by atoms with Gasteiger partial charge in [0, 0.05) is 45.4 Å². The van der Waals surface area contributed by atoms with Gasteiger partial charge >= 0.3 is 11.7 Å². The predicted octanol–water partition coefficient (Wildman–Crippen LogP) is 3.52. The molecule has 5 unspecified atom stereocenters. The highest BCUT2D eigenvalue weighted by molar-refractivity contribution is 5.91. The first-order valence-electron chi connectivity index (χ1n) is 26.4. The van der Waals surface area contributed by atoms with E-state index < -0.39 is 102 Å². The molecule has 3 saturated heterocycles. The van der Waals surface area contributed by atoms with Gasteiger partial charge in [-0.2, -0.15) is 0 Å². The van der Waals surface area contributed by atoms with Gasteiger partial charge in [-0.3, -0.25) is 33.6 Å². The third kappa shape index (κ3) is 17.8. The van der Waals surface area contributed by atoms with Crippen molar-refractivity contribution < 1.29 is 53.8 Å². The highest BCUT2D eigenvalue weighted by Gasteiger charge is 2.57. The summed E-state index contributed by atoms with van der Waals surface area (Å²) in [5.74, 6) is -1.78. The largest absolute Gasteiger partial charge is 0.458 e. The molecule has 1 aromatic heterocycles. The Kier molecular flexibility index (Phi) is 26.4. The van der Waals surface area contributed by atoms with Crippen molar-refractivity contribution in [3.63, 3.8) is 0 Å². The van der Waals surface area contributed by atoms with Crippen LogP contribution in [0.15, 0.2) is 21.9 Å². The number of aromatic amines is 1. The van der Waals surface area contributed by atoms with Gasteiger partial charge in [-0.15, -0.1) is 0 Å². The Hall–Kier alpha value is -3.27. The number of aromatic nitrogens is 2. The monoisotopic (exact) mass is 981 g/mol. The Morgan fingerprint density at radius 3 is 1.81 bits per heavy atom. The van der Waals surface area contributed by atoms with E-state index in [-0.39, 0.29) is 19.5 Å². The van der Waals surface area contributed by atoms with Gasteiger partial charge in [0.15, 0.2) is 12.5 Å². The molecule has 396 valence electrons. The van der Waals surface area contributed by atoms with Crippen LogP contribution in [0.5, 0.6) is 0 Å². The Balaban J connectivity index is 1.51. The number of unbranched alkanes of at least 4 members (excludes halogenated alkanes) is 21. The summed E-state index contributed by atoms with van der Waals surface area (Å²) in [6.45, 7) is 4.39. The summed E-state index contributed by atoms with van der Waals surface area (Å²) in [5, 5.41) is 47.6. The molecule has 19 heteroatoms. The smallest absolute Gasteiger partial charge is 0.330 e. The Bertz CT molecular complexity index is 1770. The summed E-state index contributed by atoms with van der Waals surface area (Å²) < 4.78 is 25.2. The van der Waals surface area contributed by atoms with Gasteiger partial charge in [0.25, 0.3) is 5.56 Å². The Morgan fingerprint density at radius 2 is 1.29 bits per heavy atom. The van der Waals surface area contributed by atoms with E-state index in [1.54, 1.807) is 0 Å². The van der Waals surface area contributed by atoms with E-state index in [2.05, 4.69) is 24.1 Å². The molecule has 3 fully saturated rings. The number of nitrogens with one attached hydrogen (secondary N) is 2. The number of hydrogen-bond donors (Lipinski definition) is 7. The van der Waals surface area contributed by atoms with Gasteiger partial charge in [0.05, 0.1) is 0 Å². The third-order valence-corrected chi connectivity index (χ3v) is 14.1. The van der Waals surface area contributed by atoms with E-state index in [4.69, 9.17) is 24.7 Å². The molecule has 0 bridgehead atoms. The van der Waals surface area contributed by atoms with Crippen molar-refractivity contribution in [1.82, 2.24) is 24.7 Å². The molecule has 0 spiro atoms. The lowest BCUT2D eigenvalue weighted by molar-refractivity contribution is -0.233. The van der Waals surface area contributed by atoms with Crippen LogP contribution in [0.3, 0.4) is 0 Å². The maximum Gasteiger partial charge on any atom is 0.330 e. The summed E-state index contributed by atoms with van der Waals surface area (Å²) in [4.78, 5) is 72.3. The molecule has 12 atom stereocenters. The first-order valence-corrected chi connectivity index (χ1v) is 26.4. The average Bonchev–Trinajstić information content (AvgIpc) is 3.73. The molecule has 0 radical (unpaired) electrons. The van der Waals surface area contributed by atoms with Crippen molar-refractivity contribution in [2.45, 2.75) is 241 Å². The zero-order valence-corrected chi connectivity index (χ0v) is 42.1. The lowest BCUT2D eigenvalue weighted by Crippen LogP contribution is -2.60. The van der Waals surface area contributed by atoms with Crippen LogP contribution in [0, 0.1) is 0 Å². The van der Waals surface area contributed by atoms with Crippen molar-refractivity contribution in [2.75, 3.05) is 33.7 Å². The number of carbonyl (C=O) groups excluding carboxylic acids is 3. The standard InChI is InChI=1S/C50H88N6O13/c1-5-7-9-11-13-15-17-18-19-20-22-24-26-28-37(58)66-35-33-54(3)39(47(64)55(4)38(35)46(63)52-30-27-25-23-21-16-14-12-10-8-6-2)44(69-49-43(62)40(59)34(32-51)67-49)45-41(60)42(61)48(68-45)56-31-29-36(57)53-50(56)65/h29,31,34-35,38-45,48-49,59-62H,5-28,30,32-33,51H2,1-4H3,(H,52,63)(H,53,57,65)/t34-,35+,38?,39?,40-,41+,42-,43-,44-,45?,48?,49?/m1/s1. The van der Waals surface area contributed by atoms with Crippen LogP contribution < -0.4 is 22.3 Å². The van der Waals surface area contributed by atoms with Gasteiger partial charge < -0.3 is 55.3 Å². The van der Waals surface area contributed by atoms with Crippen LogP contribution in [-0.4, -0.2) is 158 Å². The third-order valence-electron chi connectivity index (χ3n) is 14.1. The second-order valence-corrected chi connectivity index (χ2v) is 19.6. The van der Waals surface area contributed by atoms with Crippen molar-refractivity contribution in [1.29, 1.82) is 0 Å². The van der Waals surface area contributed by atoms with Crippen molar-refractivity contribution in [3.8, 4) is 0 Å².